The number of carbonyl (C=O) groups is 1. The summed E-state index contributed by atoms with van der Waals surface area (Å²) in [6.45, 7) is 5.94. The zero-order chi connectivity index (χ0) is 14.0. The summed E-state index contributed by atoms with van der Waals surface area (Å²) in [6, 6.07) is 0. The first-order valence-corrected chi connectivity index (χ1v) is 8.11. The van der Waals surface area contributed by atoms with E-state index in [0.717, 1.165) is 65.0 Å². The molecule has 3 aliphatic rings. The Morgan fingerprint density at radius 1 is 1.20 bits per heavy atom. The van der Waals surface area contributed by atoms with Crippen molar-refractivity contribution in [2.45, 2.75) is 37.7 Å². The Kier molecular flexibility index (Phi) is 4.29. The number of nitrogens with one attached hydrogen (secondary N) is 1. The van der Waals surface area contributed by atoms with Gasteiger partial charge in [0.1, 0.15) is 0 Å². The van der Waals surface area contributed by atoms with E-state index < -0.39 is 5.60 Å². The van der Waals surface area contributed by atoms with Crippen LogP contribution >= 0.6 is 0 Å². The minimum Gasteiger partial charge on any atom is -0.389 e. The second-order valence-electron chi connectivity index (χ2n) is 6.66. The molecule has 1 amide bonds. The summed E-state index contributed by atoms with van der Waals surface area (Å²) >= 11 is 0. The second kappa shape index (κ2) is 6.00. The zero-order valence-electron chi connectivity index (χ0n) is 12.3. The van der Waals surface area contributed by atoms with Crippen molar-refractivity contribution < 1.29 is 9.90 Å². The first kappa shape index (κ1) is 14.3. The summed E-state index contributed by atoms with van der Waals surface area (Å²) in [6.07, 6.45) is 5.12. The maximum absolute atomic E-state index is 12.4. The number of hydrogen-bond donors (Lipinski definition) is 2. The molecule has 0 aromatic rings. The molecule has 3 fully saturated rings. The lowest BCUT2D eigenvalue weighted by atomic mass is 9.71. The van der Waals surface area contributed by atoms with Crippen molar-refractivity contribution >= 4 is 5.91 Å². The average Bonchev–Trinajstić information content (AvgIpc) is 2.47. The normalized spacial score (nSPS) is 35.6. The van der Waals surface area contributed by atoms with Crippen LogP contribution in [0, 0.1) is 5.92 Å². The van der Waals surface area contributed by atoms with Crippen LogP contribution < -0.4 is 5.32 Å². The maximum Gasteiger partial charge on any atom is 0.236 e. The number of hydrogen-bond acceptors (Lipinski definition) is 4. The van der Waals surface area contributed by atoms with Gasteiger partial charge in [0, 0.05) is 45.2 Å². The molecule has 20 heavy (non-hydrogen) atoms. The van der Waals surface area contributed by atoms with Crippen LogP contribution in [0.25, 0.3) is 0 Å². The number of amides is 1. The van der Waals surface area contributed by atoms with Gasteiger partial charge in [0.05, 0.1) is 12.1 Å². The van der Waals surface area contributed by atoms with E-state index in [9.17, 15) is 9.90 Å². The molecule has 0 radical (unpaired) electrons. The zero-order valence-corrected chi connectivity index (χ0v) is 12.3. The molecule has 0 spiro atoms. The van der Waals surface area contributed by atoms with Gasteiger partial charge in [-0.1, -0.05) is 12.8 Å². The van der Waals surface area contributed by atoms with E-state index in [0.29, 0.717) is 12.5 Å². The molecule has 1 saturated carbocycles. The Morgan fingerprint density at radius 3 is 2.80 bits per heavy atom. The summed E-state index contributed by atoms with van der Waals surface area (Å²) < 4.78 is 0. The quantitative estimate of drug-likeness (QED) is 0.751. The summed E-state index contributed by atoms with van der Waals surface area (Å²) in [5.41, 5.74) is -0.482. The van der Waals surface area contributed by atoms with E-state index >= 15 is 0 Å². The van der Waals surface area contributed by atoms with Crippen molar-refractivity contribution in [2.75, 3.05) is 45.8 Å². The molecule has 5 heteroatoms. The second-order valence-corrected chi connectivity index (χ2v) is 6.66. The molecule has 5 nitrogen and oxygen atoms in total. The first-order chi connectivity index (χ1) is 9.67. The van der Waals surface area contributed by atoms with Gasteiger partial charge in [-0.25, -0.2) is 0 Å². The summed E-state index contributed by atoms with van der Waals surface area (Å²) in [4.78, 5) is 16.7. The number of nitrogens with zero attached hydrogens (tertiary/aromatic N) is 2. The highest BCUT2D eigenvalue weighted by molar-refractivity contribution is 5.78. The number of rotatable bonds is 2. The van der Waals surface area contributed by atoms with Gasteiger partial charge in [-0.15, -0.1) is 0 Å². The Morgan fingerprint density at radius 2 is 2.00 bits per heavy atom. The molecule has 114 valence electrons. The van der Waals surface area contributed by atoms with E-state index in [1.807, 2.05) is 4.90 Å². The van der Waals surface area contributed by atoms with Crippen LogP contribution in [0.5, 0.6) is 0 Å². The average molecular weight is 281 g/mol. The number of carbonyl (C=O) groups excluding carboxylic acids is 1. The van der Waals surface area contributed by atoms with Gasteiger partial charge < -0.3 is 15.3 Å². The molecule has 1 aliphatic carbocycles. The molecule has 2 heterocycles. The van der Waals surface area contributed by atoms with Gasteiger partial charge in [0.25, 0.3) is 0 Å². The molecule has 2 unspecified atom stereocenters. The Balaban J connectivity index is 1.54. The fraction of sp³-hybridized carbons (Fsp3) is 0.933. The van der Waals surface area contributed by atoms with Crippen LogP contribution in [-0.2, 0) is 4.79 Å². The fourth-order valence-corrected chi connectivity index (χ4v) is 3.96. The molecule has 0 bridgehead atoms. The lowest BCUT2D eigenvalue weighted by Crippen LogP contribution is -2.56. The molecule has 2 aliphatic heterocycles. The molecule has 0 aromatic heterocycles. The van der Waals surface area contributed by atoms with Crippen LogP contribution in [0.3, 0.4) is 0 Å². The Hall–Kier alpha value is -0.650. The van der Waals surface area contributed by atoms with Gasteiger partial charge in [-0.2, -0.15) is 0 Å². The highest BCUT2D eigenvalue weighted by Crippen LogP contribution is 2.39. The van der Waals surface area contributed by atoms with Crippen LogP contribution in [0.2, 0.25) is 0 Å². The van der Waals surface area contributed by atoms with Gasteiger partial charge in [-0.3, -0.25) is 9.69 Å². The molecular formula is C15H27N3O2. The predicted octanol–water partition coefficient (Wildman–Crippen LogP) is 0.0452. The van der Waals surface area contributed by atoms with Crippen molar-refractivity contribution in [1.29, 1.82) is 0 Å². The minimum atomic E-state index is -0.482. The number of piperazine rings is 1. The van der Waals surface area contributed by atoms with Crippen molar-refractivity contribution in [1.82, 2.24) is 15.1 Å². The van der Waals surface area contributed by atoms with E-state index in [4.69, 9.17) is 0 Å². The third-order valence-corrected chi connectivity index (χ3v) is 5.35. The lowest BCUT2D eigenvalue weighted by molar-refractivity contribution is -0.144. The number of piperidine rings is 1. The standard InChI is InChI=1S/C15H27N3O2/c19-14(12-17-9-6-16-7-10-17)18-8-5-15(20)4-2-1-3-13(15)11-18/h13,16,20H,1-12H2. The summed E-state index contributed by atoms with van der Waals surface area (Å²) in [5.74, 6) is 0.552. The van der Waals surface area contributed by atoms with E-state index in [-0.39, 0.29) is 5.91 Å². The first-order valence-electron chi connectivity index (χ1n) is 8.11. The topological polar surface area (TPSA) is 55.8 Å². The largest absolute Gasteiger partial charge is 0.389 e. The van der Waals surface area contributed by atoms with Crippen molar-refractivity contribution in [2.24, 2.45) is 5.92 Å². The van der Waals surface area contributed by atoms with Gasteiger partial charge in [0.15, 0.2) is 0 Å². The summed E-state index contributed by atoms with van der Waals surface area (Å²) in [5, 5.41) is 14.0. The molecule has 2 atom stereocenters. The van der Waals surface area contributed by atoms with Crippen molar-refractivity contribution in [3.05, 3.63) is 0 Å². The Bertz CT molecular complexity index is 357. The predicted molar refractivity (Wildman–Crippen MR) is 77.4 cm³/mol. The monoisotopic (exact) mass is 281 g/mol. The number of aliphatic hydroxyl groups is 1. The van der Waals surface area contributed by atoms with Gasteiger partial charge in [0.2, 0.25) is 5.91 Å². The van der Waals surface area contributed by atoms with Crippen molar-refractivity contribution in [3.63, 3.8) is 0 Å². The SMILES string of the molecule is O=C(CN1CCNCC1)N1CCC2(O)CCCCC2C1. The number of fused-ring (bicyclic) bond motifs is 1. The molecule has 3 rings (SSSR count). The van der Waals surface area contributed by atoms with Gasteiger partial charge >= 0.3 is 0 Å². The number of likely N-dealkylation sites (tertiary alicyclic amines) is 1. The van der Waals surface area contributed by atoms with E-state index in [2.05, 4.69) is 10.2 Å². The highest BCUT2D eigenvalue weighted by Gasteiger charge is 2.43. The van der Waals surface area contributed by atoms with Crippen LogP contribution in [0.4, 0.5) is 0 Å². The van der Waals surface area contributed by atoms with Crippen LogP contribution in [0.1, 0.15) is 32.1 Å². The molecule has 0 aromatic carbocycles. The molecular weight excluding hydrogens is 254 g/mol. The van der Waals surface area contributed by atoms with Crippen LogP contribution in [-0.4, -0.2) is 72.2 Å². The molecule has 2 saturated heterocycles. The van der Waals surface area contributed by atoms with Crippen LogP contribution in [0.15, 0.2) is 0 Å². The summed E-state index contributed by atoms with van der Waals surface area (Å²) in [7, 11) is 0. The maximum atomic E-state index is 12.4. The van der Waals surface area contributed by atoms with E-state index in [1.165, 1.54) is 6.42 Å². The fourth-order valence-electron chi connectivity index (χ4n) is 3.96. The lowest BCUT2D eigenvalue weighted by Gasteiger charge is -2.47. The molecule has 2 N–H and O–H groups in total. The highest BCUT2D eigenvalue weighted by atomic mass is 16.3. The Labute approximate surface area is 121 Å². The van der Waals surface area contributed by atoms with E-state index in [1.54, 1.807) is 0 Å². The van der Waals surface area contributed by atoms with Gasteiger partial charge in [-0.05, 0) is 19.3 Å². The minimum absolute atomic E-state index is 0.250. The third-order valence-electron chi connectivity index (χ3n) is 5.35. The smallest absolute Gasteiger partial charge is 0.236 e. The van der Waals surface area contributed by atoms with Crippen molar-refractivity contribution in [3.8, 4) is 0 Å². The third kappa shape index (κ3) is 3.00.